The molecule has 0 saturated carbocycles. The van der Waals surface area contributed by atoms with Gasteiger partial charge in [0, 0.05) is 30.6 Å². The van der Waals surface area contributed by atoms with Crippen molar-refractivity contribution in [1.29, 1.82) is 0 Å². The third kappa shape index (κ3) is 4.15. The average molecular weight is 346 g/mol. The Morgan fingerprint density at radius 1 is 1.25 bits per heavy atom. The van der Waals surface area contributed by atoms with E-state index in [9.17, 15) is 9.90 Å². The van der Waals surface area contributed by atoms with Crippen LogP contribution in [0.1, 0.15) is 11.5 Å². The summed E-state index contributed by atoms with van der Waals surface area (Å²) < 4.78 is 10.5. The molecule has 0 amide bonds. The van der Waals surface area contributed by atoms with Crippen LogP contribution in [0.25, 0.3) is 6.08 Å². The van der Waals surface area contributed by atoms with Crippen LogP contribution < -0.4 is 10.0 Å². The summed E-state index contributed by atoms with van der Waals surface area (Å²) in [6.45, 7) is 4.79. The molecule has 2 heterocycles. The number of ether oxygens (including phenoxy) is 1. The highest BCUT2D eigenvalue weighted by atomic mass is 32.2. The second-order valence-corrected chi connectivity index (χ2v) is 6.17. The SMILES string of the molecule is Cc1nnc(S/C(=C/c2ccc(N3CCOCC3)cc2)C(=O)[O-])o1. The lowest BCUT2D eigenvalue weighted by atomic mass is 10.1. The van der Waals surface area contributed by atoms with Crippen molar-refractivity contribution in [3.8, 4) is 0 Å². The van der Waals surface area contributed by atoms with Gasteiger partial charge in [-0.1, -0.05) is 12.1 Å². The van der Waals surface area contributed by atoms with Crippen LogP contribution in [0.5, 0.6) is 0 Å². The van der Waals surface area contributed by atoms with Crippen LogP contribution in [0.4, 0.5) is 5.69 Å². The van der Waals surface area contributed by atoms with Crippen molar-refractivity contribution in [3.63, 3.8) is 0 Å². The maximum Gasteiger partial charge on any atom is 0.281 e. The molecule has 3 rings (SSSR count). The number of carboxylic acids is 1. The molecule has 8 heteroatoms. The summed E-state index contributed by atoms with van der Waals surface area (Å²) in [6.07, 6.45) is 1.53. The lowest BCUT2D eigenvalue weighted by molar-refractivity contribution is -0.298. The summed E-state index contributed by atoms with van der Waals surface area (Å²) in [5.74, 6) is -0.904. The van der Waals surface area contributed by atoms with Crippen molar-refractivity contribution in [1.82, 2.24) is 10.2 Å². The lowest BCUT2D eigenvalue weighted by Gasteiger charge is -2.28. The van der Waals surface area contributed by atoms with Gasteiger partial charge in [-0.25, -0.2) is 0 Å². The number of carboxylic acid groups (broad SMARTS) is 1. The number of aryl methyl sites for hydroxylation is 1. The Morgan fingerprint density at radius 2 is 1.96 bits per heavy atom. The van der Waals surface area contributed by atoms with Gasteiger partial charge in [-0.3, -0.25) is 0 Å². The van der Waals surface area contributed by atoms with E-state index in [1.54, 1.807) is 6.92 Å². The Balaban J connectivity index is 1.75. The van der Waals surface area contributed by atoms with Gasteiger partial charge in [-0.15, -0.1) is 10.2 Å². The fourth-order valence-corrected chi connectivity index (χ4v) is 3.01. The second kappa shape index (κ2) is 7.50. The first kappa shape index (κ1) is 16.5. The standard InChI is InChI=1S/C16H17N3O4S/c1-11-17-18-16(23-11)24-14(15(20)21)10-12-2-4-13(5-3-12)19-6-8-22-9-7-19/h2-5,10H,6-9H2,1H3,(H,20,21)/p-1/b14-10+. The summed E-state index contributed by atoms with van der Waals surface area (Å²) in [4.78, 5) is 13.6. The first-order valence-corrected chi connectivity index (χ1v) is 8.27. The van der Waals surface area contributed by atoms with Crippen molar-refractivity contribution in [3.05, 3.63) is 40.6 Å². The zero-order valence-corrected chi connectivity index (χ0v) is 13.9. The number of thioether (sulfide) groups is 1. The van der Waals surface area contributed by atoms with Crippen molar-refractivity contribution < 1.29 is 19.1 Å². The third-order valence-corrected chi connectivity index (χ3v) is 4.32. The number of aliphatic carboxylic acids is 1. The van der Waals surface area contributed by atoms with Crippen LogP contribution in [0.15, 0.2) is 38.8 Å². The van der Waals surface area contributed by atoms with Gasteiger partial charge < -0.3 is 24.0 Å². The molecule has 0 aliphatic carbocycles. The van der Waals surface area contributed by atoms with Crippen LogP contribution >= 0.6 is 11.8 Å². The van der Waals surface area contributed by atoms with Crippen molar-refractivity contribution >= 4 is 29.5 Å². The molecule has 1 saturated heterocycles. The minimum Gasteiger partial charge on any atom is -0.544 e. The summed E-state index contributed by atoms with van der Waals surface area (Å²) in [6, 6.07) is 7.66. The molecular weight excluding hydrogens is 330 g/mol. The first-order chi connectivity index (χ1) is 11.6. The highest BCUT2D eigenvalue weighted by molar-refractivity contribution is 8.03. The monoisotopic (exact) mass is 346 g/mol. The van der Waals surface area contributed by atoms with Gasteiger partial charge in [0.05, 0.1) is 19.2 Å². The fraction of sp³-hybridized carbons (Fsp3) is 0.312. The highest BCUT2D eigenvalue weighted by Crippen LogP contribution is 2.27. The van der Waals surface area contributed by atoms with E-state index in [0.29, 0.717) is 5.89 Å². The molecule has 0 radical (unpaired) electrons. The van der Waals surface area contributed by atoms with E-state index in [1.165, 1.54) is 6.08 Å². The number of carbonyl (C=O) groups is 1. The summed E-state index contributed by atoms with van der Waals surface area (Å²) in [7, 11) is 0. The van der Waals surface area contributed by atoms with Gasteiger partial charge in [0.15, 0.2) is 0 Å². The number of benzene rings is 1. The Kier molecular flexibility index (Phi) is 5.17. The summed E-state index contributed by atoms with van der Waals surface area (Å²) >= 11 is 0.877. The van der Waals surface area contributed by atoms with E-state index < -0.39 is 5.97 Å². The molecule has 1 fully saturated rings. The molecule has 2 aromatic rings. The summed E-state index contributed by atoms with van der Waals surface area (Å²) in [5.41, 5.74) is 1.85. The number of rotatable bonds is 5. The van der Waals surface area contributed by atoms with Crippen LogP contribution in [0, 0.1) is 6.92 Å². The molecular formula is C16H16N3O4S-. The Hall–Kier alpha value is -2.32. The molecule has 0 spiro atoms. The number of hydrogen-bond donors (Lipinski definition) is 0. The van der Waals surface area contributed by atoms with Crippen LogP contribution in [-0.4, -0.2) is 42.5 Å². The van der Waals surface area contributed by atoms with Gasteiger partial charge in [-0.2, -0.15) is 0 Å². The van der Waals surface area contributed by atoms with E-state index in [1.807, 2.05) is 24.3 Å². The van der Waals surface area contributed by atoms with Crippen LogP contribution in [-0.2, 0) is 9.53 Å². The minimum absolute atomic E-state index is 0.0118. The van der Waals surface area contributed by atoms with Gasteiger partial charge in [0.25, 0.3) is 5.22 Å². The van der Waals surface area contributed by atoms with Crippen LogP contribution in [0.3, 0.4) is 0 Å². The van der Waals surface area contributed by atoms with Gasteiger partial charge >= 0.3 is 0 Å². The first-order valence-electron chi connectivity index (χ1n) is 7.45. The highest BCUT2D eigenvalue weighted by Gasteiger charge is 2.11. The Bertz CT molecular complexity index is 736. The van der Waals surface area contributed by atoms with Gasteiger partial charge in [0.1, 0.15) is 0 Å². The van der Waals surface area contributed by atoms with E-state index >= 15 is 0 Å². The molecule has 1 aromatic heterocycles. The number of anilines is 1. The van der Waals surface area contributed by atoms with E-state index in [4.69, 9.17) is 9.15 Å². The van der Waals surface area contributed by atoms with Crippen molar-refractivity contribution in [2.24, 2.45) is 0 Å². The predicted octanol–water partition coefficient (Wildman–Crippen LogP) is 1.10. The van der Waals surface area contributed by atoms with Crippen molar-refractivity contribution in [2.75, 3.05) is 31.2 Å². The smallest absolute Gasteiger partial charge is 0.281 e. The predicted molar refractivity (Wildman–Crippen MR) is 87.4 cm³/mol. The van der Waals surface area contributed by atoms with Gasteiger partial charge in [0.2, 0.25) is 5.89 Å². The molecule has 24 heavy (non-hydrogen) atoms. The molecule has 1 aliphatic heterocycles. The molecule has 0 bridgehead atoms. The second-order valence-electron chi connectivity index (χ2n) is 5.18. The molecule has 126 valence electrons. The number of morpholine rings is 1. The maximum absolute atomic E-state index is 11.3. The molecule has 0 N–H and O–H groups in total. The molecule has 1 aromatic carbocycles. The zero-order chi connectivity index (χ0) is 16.9. The number of aromatic nitrogens is 2. The molecule has 0 unspecified atom stereocenters. The maximum atomic E-state index is 11.3. The van der Waals surface area contributed by atoms with Crippen LogP contribution in [0.2, 0.25) is 0 Å². The normalized spacial score (nSPS) is 15.5. The van der Waals surface area contributed by atoms with Crippen molar-refractivity contribution in [2.45, 2.75) is 12.1 Å². The molecule has 1 aliphatic rings. The third-order valence-electron chi connectivity index (χ3n) is 3.47. The van der Waals surface area contributed by atoms with E-state index in [2.05, 4.69) is 15.1 Å². The number of carbonyl (C=O) groups excluding carboxylic acids is 1. The molecule has 7 nitrogen and oxygen atoms in total. The minimum atomic E-state index is -1.28. The molecule has 0 atom stereocenters. The lowest BCUT2D eigenvalue weighted by Crippen LogP contribution is -2.36. The Morgan fingerprint density at radius 3 is 2.54 bits per heavy atom. The topological polar surface area (TPSA) is 91.5 Å². The zero-order valence-electron chi connectivity index (χ0n) is 13.1. The Labute approximate surface area is 143 Å². The van der Waals surface area contributed by atoms with E-state index in [0.717, 1.165) is 49.3 Å². The van der Waals surface area contributed by atoms with E-state index in [-0.39, 0.29) is 10.1 Å². The largest absolute Gasteiger partial charge is 0.544 e. The summed E-state index contributed by atoms with van der Waals surface area (Å²) in [5, 5.41) is 18.9. The number of hydrogen-bond acceptors (Lipinski definition) is 8. The van der Waals surface area contributed by atoms with Gasteiger partial charge in [-0.05, 0) is 35.5 Å². The number of nitrogens with zero attached hydrogens (tertiary/aromatic N) is 3. The fourth-order valence-electron chi connectivity index (χ4n) is 2.30. The quantitative estimate of drug-likeness (QED) is 0.587. The average Bonchev–Trinajstić information content (AvgIpc) is 3.01.